The van der Waals surface area contributed by atoms with Crippen LogP contribution in [0.25, 0.3) is 10.8 Å². The van der Waals surface area contributed by atoms with Crippen molar-refractivity contribution >= 4 is 10.8 Å². The normalized spacial score (nSPS) is 19.7. The number of rotatable bonds is 4. The van der Waals surface area contributed by atoms with Crippen molar-refractivity contribution in [2.24, 2.45) is 0 Å². The van der Waals surface area contributed by atoms with E-state index >= 15 is 0 Å². The highest BCUT2D eigenvalue weighted by Crippen LogP contribution is 2.55. The minimum Gasteiger partial charge on any atom is -0.364 e. The Morgan fingerprint density at radius 2 is 1.88 bits per heavy atom. The molecule has 118 valence electrons. The summed E-state index contributed by atoms with van der Waals surface area (Å²) in [5.41, 5.74) is 2.18. The summed E-state index contributed by atoms with van der Waals surface area (Å²) in [6.07, 6.45) is 3.14. The maximum absolute atomic E-state index is 5.48. The summed E-state index contributed by atoms with van der Waals surface area (Å²) < 4.78 is 10.3. The molecule has 0 amide bonds. The van der Waals surface area contributed by atoms with Crippen LogP contribution in [0.5, 0.6) is 0 Å². The summed E-state index contributed by atoms with van der Waals surface area (Å²) >= 11 is 0. The van der Waals surface area contributed by atoms with Crippen molar-refractivity contribution in [2.45, 2.75) is 24.7 Å². The smallest absolute Gasteiger partial charge is 0.230 e. The predicted octanol–water partition coefficient (Wildman–Crippen LogP) is 4.07. The van der Waals surface area contributed by atoms with Gasteiger partial charge in [0, 0.05) is 12.0 Å². The number of benzene rings is 2. The maximum Gasteiger partial charge on any atom is 0.230 e. The minimum absolute atomic E-state index is 0.314. The fourth-order valence-corrected chi connectivity index (χ4v) is 3.37. The first-order chi connectivity index (χ1) is 11.9. The van der Waals surface area contributed by atoms with Gasteiger partial charge in [-0.2, -0.15) is 4.98 Å². The van der Waals surface area contributed by atoms with Crippen molar-refractivity contribution in [3.8, 4) is 0 Å². The Bertz CT molecular complexity index is 985. The van der Waals surface area contributed by atoms with Crippen LogP contribution < -0.4 is 0 Å². The van der Waals surface area contributed by atoms with Gasteiger partial charge in [-0.3, -0.25) is 0 Å². The van der Waals surface area contributed by atoms with E-state index in [4.69, 9.17) is 9.05 Å². The fraction of sp³-hybridized carbons (Fsp3) is 0.211. The van der Waals surface area contributed by atoms with Crippen LogP contribution in [-0.2, 0) is 6.42 Å². The third-order valence-electron chi connectivity index (χ3n) is 4.64. The molecule has 0 spiro atoms. The van der Waals surface area contributed by atoms with Crippen LogP contribution in [-0.4, -0.2) is 15.3 Å². The highest BCUT2D eigenvalue weighted by molar-refractivity contribution is 5.86. The highest BCUT2D eigenvalue weighted by atomic mass is 16.5. The summed E-state index contributed by atoms with van der Waals surface area (Å²) in [6.45, 7) is 0. The molecule has 0 saturated heterocycles. The maximum atomic E-state index is 5.48. The van der Waals surface area contributed by atoms with Crippen LogP contribution in [0.15, 0.2) is 63.8 Å². The summed E-state index contributed by atoms with van der Waals surface area (Å²) in [4.78, 5) is 4.54. The molecule has 5 heteroatoms. The summed E-state index contributed by atoms with van der Waals surface area (Å²) in [5, 5.41) is 10.5. The molecule has 4 aromatic rings. The average molecular weight is 317 g/mol. The molecular weight excluding hydrogens is 302 g/mol. The summed E-state index contributed by atoms with van der Waals surface area (Å²) in [6, 6.07) is 16.8. The van der Waals surface area contributed by atoms with Gasteiger partial charge in [0.15, 0.2) is 5.82 Å². The molecule has 2 heterocycles. The van der Waals surface area contributed by atoms with E-state index in [0.29, 0.717) is 24.1 Å². The SMILES string of the molecule is c1ccc2c([C@H]3C[C@@H]3c3nc(Cc4ccon4)no3)cccc2c1. The van der Waals surface area contributed by atoms with E-state index in [0.717, 1.165) is 18.0 Å². The van der Waals surface area contributed by atoms with Crippen LogP contribution in [0, 0.1) is 0 Å². The Labute approximate surface area is 138 Å². The Kier molecular flexibility index (Phi) is 2.98. The molecule has 1 fully saturated rings. The van der Waals surface area contributed by atoms with Gasteiger partial charge in [0.05, 0.1) is 12.1 Å². The zero-order valence-corrected chi connectivity index (χ0v) is 12.9. The van der Waals surface area contributed by atoms with Gasteiger partial charge in [-0.1, -0.05) is 52.8 Å². The third-order valence-corrected chi connectivity index (χ3v) is 4.64. The van der Waals surface area contributed by atoms with E-state index in [2.05, 4.69) is 57.8 Å². The molecule has 2 aromatic carbocycles. The first kappa shape index (κ1) is 13.5. The molecule has 2 atom stereocenters. The molecule has 5 nitrogen and oxygen atoms in total. The molecule has 0 aliphatic heterocycles. The molecule has 0 bridgehead atoms. The monoisotopic (exact) mass is 317 g/mol. The Hall–Kier alpha value is -2.95. The number of hydrogen-bond donors (Lipinski definition) is 0. The van der Waals surface area contributed by atoms with Crippen LogP contribution in [0.4, 0.5) is 0 Å². The van der Waals surface area contributed by atoms with Gasteiger partial charge >= 0.3 is 0 Å². The Morgan fingerprint density at radius 3 is 2.79 bits per heavy atom. The van der Waals surface area contributed by atoms with Crippen molar-refractivity contribution in [1.29, 1.82) is 0 Å². The van der Waals surface area contributed by atoms with Gasteiger partial charge in [0.2, 0.25) is 5.89 Å². The van der Waals surface area contributed by atoms with Crippen molar-refractivity contribution in [1.82, 2.24) is 15.3 Å². The quantitative estimate of drug-likeness (QED) is 0.567. The van der Waals surface area contributed by atoms with Gasteiger partial charge in [-0.15, -0.1) is 0 Å². The van der Waals surface area contributed by atoms with Crippen LogP contribution in [0.1, 0.15) is 41.2 Å². The topological polar surface area (TPSA) is 65.0 Å². The van der Waals surface area contributed by atoms with E-state index in [1.165, 1.54) is 16.3 Å². The van der Waals surface area contributed by atoms with Crippen molar-refractivity contribution < 1.29 is 9.05 Å². The molecule has 1 aliphatic rings. The number of nitrogens with zero attached hydrogens (tertiary/aromatic N) is 3. The van der Waals surface area contributed by atoms with Crippen molar-refractivity contribution in [3.05, 3.63) is 77.8 Å². The molecule has 1 aliphatic carbocycles. The first-order valence-electron chi connectivity index (χ1n) is 8.08. The molecular formula is C19H15N3O2. The Balaban J connectivity index is 1.39. The molecule has 1 saturated carbocycles. The van der Waals surface area contributed by atoms with Crippen molar-refractivity contribution in [3.63, 3.8) is 0 Å². The number of hydrogen-bond acceptors (Lipinski definition) is 5. The fourth-order valence-electron chi connectivity index (χ4n) is 3.37. The Morgan fingerprint density at radius 1 is 0.958 bits per heavy atom. The van der Waals surface area contributed by atoms with Gasteiger partial charge < -0.3 is 9.05 Å². The van der Waals surface area contributed by atoms with E-state index < -0.39 is 0 Å². The number of fused-ring (bicyclic) bond motifs is 1. The van der Waals surface area contributed by atoms with Gasteiger partial charge in [-0.05, 0) is 28.7 Å². The standard InChI is InChI=1S/C19H15N3O2/c1-2-6-14-12(4-1)5-3-7-15(14)16-11-17(16)19-20-18(22-24-19)10-13-8-9-23-21-13/h1-9,16-17H,10-11H2/t16-,17+/m1/s1. The summed E-state index contributed by atoms with van der Waals surface area (Å²) in [7, 11) is 0. The lowest BCUT2D eigenvalue weighted by atomic mass is 10.0. The van der Waals surface area contributed by atoms with Crippen LogP contribution in [0.2, 0.25) is 0 Å². The van der Waals surface area contributed by atoms with Gasteiger partial charge in [-0.25, -0.2) is 0 Å². The molecule has 0 unspecified atom stereocenters. The van der Waals surface area contributed by atoms with Gasteiger partial charge in [0.1, 0.15) is 6.26 Å². The van der Waals surface area contributed by atoms with E-state index in [-0.39, 0.29) is 0 Å². The van der Waals surface area contributed by atoms with E-state index in [1.54, 1.807) is 6.26 Å². The number of aromatic nitrogens is 3. The molecule has 0 N–H and O–H groups in total. The second-order valence-corrected chi connectivity index (χ2v) is 6.23. The van der Waals surface area contributed by atoms with E-state index in [1.807, 2.05) is 6.07 Å². The molecule has 0 radical (unpaired) electrons. The largest absolute Gasteiger partial charge is 0.364 e. The summed E-state index contributed by atoms with van der Waals surface area (Å²) in [5.74, 6) is 2.15. The molecule has 2 aromatic heterocycles. The zero-order valence-electron chi connectivity index (χ0n) is 12.9. The lowest BCUT2D eigenvalue weighted by Gasteiger charge is -2.04. The first-order valence-corrected chi connectivity index (χ1v) is 8.08. The van der Waals surface area contributed by atoms with Crippen molar-refractivity contribution in [2.75, 3.05) is 0 Å². The highest BCUT2D eigenvalue weighted by Gasteiger charge is 2.44. The molecule has 24 heavy (non-hydrogen) atoms. The van der Waals surface area contributed by atoms with Crippen LogP contribution in [0.3, 0.4) is 0 Å². The lowest BCUT2D eigenvalue weighted by molar-refractivity contribution is 0.372. The second kappa shape index (κ2) is 5.30. The third kappa shape index (κ3) is 2.29. The van der Waals surface area contributed by atoms with Gasteiger partial charge in [0.25, 0.3) is 0 Å². The molecule has 5 rings (SSSR count). The lowest BCUT2D eigenvalue weighted by Crippen LogP contribution is -1.91. The zero-order chi connectivity index (χ0) is 15.9. The second-order valence-electron chi connectivity index (χ2n) is 6.23. The minimum atomic E-state index is 0.314. The average Bonchev–Trinajstić information content (AvgIpc) is 3.01. The van der Waals surface area contributed by atoms with E-state index in [9.17, 15) is 0 Å². The predicted molar refractivity (Wildman–Crippen MR) is 87.7 cm³/mol. The van der Waals surface area contributed by atoms with Crippen LogP contribution >= 0.6 is 0 Å².